The van der Waals surface area contributed by atoms with Crippen molar-refractivity contribution >= 4 is 5.96 Å². The van der Waals surface area contributed by atoms with Crippen LogP contribution in [0, 0.1) is 5.92 Å². The maximum absolute atomic E-state index is 5.49. The molecule has 2 rings (SSSR count). The molecule has 1 aromatic heterocycles. The Morgan fingerprint density at radius 2 is 2.08 bits per heavy atom. The Hall–Kier alpha value is -1.60. The first kappa shape index (κ1) is 19.7. The highest BCUT2D eigenvalue weighted by Crippen LogP contribution is 2.12. The van der Waals surface area contributed by atoms with E-state index in [-0.39, 0.29) is 0 Å². The molecule has 0 saturated carbocycles. The van der Waals surface area contributed by atoms with Crippen molar-refractivity contribution < 1.29 is 4.74 Å². The molecule has 0 spiro atoms. The van der Waals surface area contributed by atoms with E-state index in [1.807, 2.05) is 25.0 Å². The molecule has 142 valence electrons. The van der Waals surface area contributed by atoms with Crippen LogP contribution in [0.15, 0.2) is 17.4 Å². The number of hydrogen-bond acceptors (Lipinski definition) is 4. The molecule has 1 unspecified atom stereocenters. The summed E-state index contributed by atoms with van der Waals surface area (Å²) in [7, 11) is 3.77. The Bertz CT molecular complexity index is 521. The summed E-state index contributed by atoms with van der Waals surface area (Å²) < 4.78 is 7.33. The van der Waals surface area contributed by atoms with Crippen molar-refractivity contribution in [3.63, 3.8) is 0 Å². The maximum Gasteiger partial charge on any atom is 0.191 e. The Kier molecular flexibility index (Phi) is 8.21. The Morgan fingerprint density at radius 3 is 2.68 bits per heavy atom. The van der Waals surface area contributed by atoms with Gasteiger partial charge in [0.2, 0.25) is 0 Å². The van der Waals surface area contributed by atoms with Crippen LogP contribution < -0.4 is 10.6 Å². The molecule has 25 heavy (non-hydrogen) atoms. The van der Waals surface area contributed by atoms with E-state index < -0.39 is 0 Å². The van der Waals surface area contributed by atoms with Gasteiger partial charge in [0.25, 0.3) is 0 Å². The number of morpholine rings is 1. The average Bonchev–Trinajstić information content (AvgIpc) is 3.02. The van der Waals surface area contributed by atoms with Gasteiger partial charge < -0.3 is 15.4 Å². The second-order valence-electron chi connectivity index (χ2n) is 7.08. The molecule has 1 aromatic rings. The topological polar surface area (TPSA) is 66.7 Å². The molecule has 0 aromatic carbocycles. The van der Waals surface area contributed by atoms with Crippen LogP contribution >= 0.6 is 0 Å². The quantitative estimate of drug-likeness (QED) is 0.538. The minimum absolute atomic E-state index is 0.515. The molecule has 7 nitrogen and oxygen atoms in total. The number of ether oxygens (including phenoxy) is 1. The first-order valence-corrected chi connectivity index (χ1v) is 9.32. The largest absolute Gasteiger partial charge is 0.379 e. The van der Waals surface area contributed by atoms with E-state index in [4.69, 9.17) is 4.74 Å². The zero-order chi connectivity index (χ0) is 18.1. The molecule has 0 amide bonds. The number of nitrogens with zero attached hydrogens (tertiary/aromatic N) is 4. The lowest BCUT2D eigenvalue weighted by atomic mass is 10.0. The lowest BCUT2D eigenvalue weighted by Crippen LogP contribution is -2.51. The predicted octanol–water partition coefficient (Wildman–Crippen LogP) is 0.875. The number of guanidine groups is 1. The average molecular weight is 351 g/mol. The number of nitrogens with one attached hydrogen (secondary N) is 2. The van der Waals surface area contributed by atoms with Crippen molar-refractivity contribution in [3.05, 3.63) is 18.0 Å². The summed E-state index contributed by atoms with van der Waals surface area (Å²) in [5.41, 5.74) is 1.23. The fourth-order valence-electron chi connectivity index (χ4n) is 3.21. The predicted molar refractivity (Wildman–Crippen MR) is 102 cm³/mol. The SMILES string of the molecule is CN=C(NCCc1cnn(C)c1)NCC(CC(C)C)N1CCOCC1. The van der Waals surface area contributed by atoms with Crippen molar-refractivity contribution in [1.82, 2.24) is 25.3 Å². The molecule has 0 radical (unpaired) electrons. The van der Waals surface area contributed by atoms with Gasteiger partial charge in [-0.1, -0.05) is 13.8 Å². The van der Waals surface area contributed by atoms with Crippen molar-refractivity contribution in [2.45, 2.75) is 32.7 Å². The zero-order valence-electron chi connectivity index (χ0n) is 16.2. The molecule has 1 aliphatic heterocycles. The van der Waals surface area contributed by atoms with Gasteiger partial charge in [-0.05, 0) is 24.3 Å². The van der Waals surface area contributed by atoms with E-state index >= 15 is 0 Å². The van der Waals surface area contributed by atoms with E-state index in [9.17, 15) is 0 Å². The van der Waals surface area contributed by atoms with Gasteiger partial charge in [0.15, 0.2) is 5.96 Å². The normalized spacial score (nSPS) is 17.7. The minimum Gasteiger partial charge on any atom is -0.379 e. The van der Waals surface area contributed by atoms with Gasteiger partial charge in [-0.25, -0.2) is 0 Å². The first-order valence-electron chi connectivity index (χ1n) is 9.32. The van der Waals surface area contributed by atoms with Gasteiger partial charge >= 0.3 is 0 Å². The van der Waals surface area contributed by atoms with Gasteiger partial charge in [0.05, 0.1) is 19.4 Å². The second-order valence-corrected chi connectivity index (χ2v) is 7.08. The van der Waals surface area contributed by atoms with Gasteiger partial charge in [-0.15, -0.1) is 0 Å². The maximum atomic E-state index is 5.49. The number of aliphatic imine (C=N–C) groups is 1. The summed E-state index contributed by atoms with van der Waals surface area (Å²) in [6.07, 6.45) is 6.08. The molecular weight excluding hydrogens is 316 g/mol. The van der Waals surface area contributed by atoms with Crippen molar-refractivity contribution in [2.24, 2.45) is 18.0 Å². The van der Waals surface area contributed by atoms with Gasteiger partial charge in [0.1, 0.15) is 0 Å². The third-order valence-electron chi connectivity index (χ3n) is 4.50. The summed E-state index contributed by atoms with van der Waals surface area (Å²) in [4.78, 5) is 6.89. The molecule has 1 atom stereocenters. The Labute approximate surface area is 151 Å². The number of rotatable bonds is 8. The monoisotopic (exact) mass is 350 g/mol. The molecule has 1 fully saturated rings. The van der Waals surface area contributed by atoms with Crippen LogP contribution in [-0.4, -0.2) is 73.1 Å². The van der Waals surface area contributed by atoms with E-state index in [2.05, 4.69) is 45.7 Å². The summed E-state index contributed by atoms with van der Waals surface area (Å²) in [6.45, 7) is 10.0. The Balaban J connectivity index is 1.77. The third kappa shape index (κ3) is 7.04. The van der Waals surface area contributed by atoms with Crippen LogP contribution in [0.1, 0.15) is 25.8 Å². The van der Waals surface area contributed by atoms with Gasteiger partial charge in [0, 0.05) is 52.5 Å². The molecule has 2 heterocycles. The molecule has 7 heteroatoms. The smallest absolute Gasteiger partial charge is 0.191 e. The molecule has 2 N–H and O–H groups in total. The lowest BCUT2D eigenvalue weighted by Gasteiger charge is -2.35. The highest BCUT2D eigenvalue weighted by atomic mass is 16.5. The molecule has 0 bridgehead atoms. The fourth-order valence-corrected chi connectivity index (χ4v) is 3.21. The van der Waals surface area contributed by atoms with Crippen molar-refractivity contribution in [3.8, 4) is 0 Å². The van der Waals surface area contributed by atoms with Gasteiger partial charge in [-0.3, -0.25) is 14.6 Å². The van der Waals surface area contributed by atoms with Crippen molar-refractivity contribution in [1.29, 1.82) is 0 Å². The Morgan fingerprint density at radius 1 is 1.32 bits per heavy atom. The van der Waals surface area contributed by atoms with Crippen LogP contribution in [-0.2, 0) is 18.2 Å². The summed E-state index contributed by atoms with van der Waals surface area (Å²) >= 11 is 0. The van der Waals surface area contributed by atoms with E-state index in [0.29, 0.717) is 12.0 Å². The molecule has 1 saturated heterocycles. The zero-order valence-corrected chi connectivity index (χ0v) is 16.2. The second kappa shape index (κ2) is 10.4. The third-order valence-corrected chi connectivity index (χ3v) is 4.50. The summed E-state index contributed by atoms with van der Waals surface area (Å²) in [5.74, 6) is 1.54. The summed E-state index contributed by atoms with van der Waals surface area (Å²) in [6, 6.07) is 0.515. The lowest BCUT2D eigenvalue weighted by molar-refractivity contribution is 0.0132. The fraction of sp³-hybridized carbons (Fsp3) is 0.778. The molecule has 0 aliphatic carbocycles. The first-order chi connectivity index (χ1) is 12.1. The van der Waals surface area contributed by atoms with Crippen LogP contribution in [0.3, 0.4) is 0 Å². The highest BCUT2D eigenvalue weighted by Gasteiger charge is 2.22. The molecule has 1 aliphatic rings. The van der Waals surface area contributed by atoms with Crippen LogP contribution in [0.25, 0.3) is 0 Å². The van der Waals surface area contributed by atoms with E-state index in [1.54, 1.807) is 0 Å². The number of aryl methyl sites for hydroxylation is 1. The number of hydrogen-bond donors (Lipinski definition) is 2. The molecular formula is C18H34N6O. The number of aromatic nitrogens is 2. The summed E-state index contributed by atoms with van der Waals surface area (Å²) in [5, 5.41) is 11.1. The standard InChI is InChI=1S/C18H34N6O/c1-15(2)11-17(24-7-9-25-10-8-24)13-21-18(19-3)20-6-5-16-12-22-23(4)14-16/h12,14-15,17H,5-11,13H2,1-4H3,(H2,19,20,21). The van der Waals surface area contributed by atoms with Crippen molar-refractivity contribution in [2.75, 3.05) is 46.4 Å². The van der Waals surface area contributed by atoms with E-state index in [1.165, 1.54) is 12.0 Å². The van der Waals surface area contributed by atoms with Crippen LogP contribution in [0.4, 0.5) is 0 Å². The van der Waals surface area contributed by atoms with Gasteiger partial charge in [-0.2, -0.15) is 5.10 Å². The van der Waals surface area contributed by atoms with E-state index in [0.717, 1.165) is 51.8 Å². The highest BCUT2D eigenvalue weighted by molar-refractivity contribution is 5.79. The van der Waals surface area contributed by atoms with Crippen LogP contribution in [0.2, 0.25) is 0 Å². The van der Waals surface area contributed by atoms with Crippen LogP contribution in [0.5, 0.6) is 0 Å². The minimum atomic E-state index is 0.515.